The minimum Gasteiger partial charge on any atom is -0.292 e. The van der Waals surface area contributed by atoms with Crippen molar-refractivity contribution in [1.29, 1.82) is 0 Å². The number of hydrogen-bond acceptors (Lipinski definition) is 4. The largest absolute Gasteiger partial charge is 0.310 e. The lowest BCUT2D eigenvalue weighted by Gasteiger charge is -2.05. The Morgan fingerprint density at radius 1 is 1.05 bits per heavy atom. The summed E-state index contributed by atoms with van der Waals surface area (Å²) in [7, 11) is 0. The Hall–Kier alpha value is -2.60. The van der Waals surface area contributed by atoms with Crippen LogP contribution in [-0.2, 0) is 6.54 Å². The highest BCUT2D eigenvalue weighted by molar-refractivity contribution is 7.16. The third-order valence-electron chi connectivity index (χ3n) is 3.25. The highest BCUT2D eigenvalue weighted by Gasteiger charge is 2.13. The van der Waals surface area contributed by atoms with Gasteiger partial charge in [0.2, 0.25) is 0 Å². The second-order valence-electron chi connectivity index (χ2n) is 4.69. The number of ketones is 1. The molecule has 2 aromatic carbocycles. The molecule has 1 aromatic heterocycles. The summed E-state index contributed by atoms with van der Waals surface area (Å²) in [6.45, 7) is -0.357. The van der Waals surface area contributed by atoms with E-state index in [0.29, 0.717) is 10.1 Å². The molecule has 3 rings (SSSR count). The standard InChI is InChI=1S/C16H10FNO3S/c17-11-7-5-10(6-8-11)13(19)9-18-15(20)12-3-1-2-4-14(12)22-16(18)21/h1-8H,9H2. The first-order valence-corrected chi connectivity index (χ1v) is 7.29. The van der Waals surface area contributed by atoms with Crippen LogP contribution in [0.3, 0.4) is 0 Å². The monoisotopic (exact) mass is 315 g/mol. The van der Waals surface area contributed by atoms with Crippen LogP contribution in [0.5, 0.6) is 0 Å². The van der Waals surface area contributed by atoms with Crippen LogP contribution < -0.4 is 10.4 Å². The van der Waals surface area contributed by atoms with Crippen molar-refractivity contribution in [3.8, 4) is 0 Å². The van der Waals surface area contributed by atoms with E-state index in [2.05, 4.69) is 0 Å². The lowest BCUT2D eigenvalue weighted by molar-refractivity contribution is 0.0970. The van der Waals surface area contributed by atoms with Crippen LogP contribution in [0.2, 0.25) is 0 Å². The molecule has 0 saturated heterocycles. The molecular weight excluding hydrogens is 305 g/mol. The third kappa shape index (κ3) is 2.60. The summed E-state index contributed by atoms with van der Waals surface area (Å²) in [5.41, 5.74) is -0.235. The predicted molar refractivity (Wildman–Crippen MR) is 83.1 cm³/mol. The van der Waals surface area contributed by atoms with Gasteiger partial charge in [0.25, 0.3) is 5.56 Å². The summed E-state index contributed by atoms with van der Waals surface area (Å²) in [5, 5.41) is 0.402. The highest BCUT2D eigenvalue weighted by Crippen LogP contribution is 2.11. The molecule has 22 heavy (non-hydrogen) atoms. The van der Waals surface area contributed by atoms with Crippen molar-refractivity contribution >= 4 is 27.2 Å². The van der Waals surface area contributed by atoms with Crippen molar-refractivity contribution in [2.24, 2.45) is 0 Å². The minimum absolute atomic E-state index is 0.255. The van der Waals surface area contributed by atoms with Gasteiger partial charge in [0.1, 0.15) is 5.82 Å². The zero-order chi connectivity index (χ0) is 15.7. The van der Waals surface area contributed by atoms with Gasteiger partial charge in [-0.1, -0.05) is 23.5 Å². The molecular formula is C16H10FNO3S. The zero-order valence-corrected chi connectivity index (χ0v) is 12.1. The van der Waals surface area contributed by atoms with Crippen LogP contribution in [0, 0.1) is 5.82 Å². The Morgan fingerprint density at radius 3 is 2.45 bits per heavy atom. The van der Waals surface area contributed by atoms with Crippen LogP contribution in [0.15, 0.2) is 58.1 Å². The molecule has 0 atom stereocenters. The summed E-state index contributed by atoms with van der Waals surface area (Å²) < 4.78 is 14.4. The molecule has 4 nitrogen and oxygen atoms in total. The number of halogens is 1. The fourth-order valence-electron chi connectivity index (χ4n) is 2.12. The van der Waals surface area contributed by atoms with Gasteiger partial charge in [-0.15, -0.1) is 0 Å². The topological polar surface area (TPSA) is 56.1 Å². The molecule has 0 saturated carbocycles. The summed E-state index contributed by atoms with van der Waals surface area (Å²) in [5.74, 6) is -0.868. The molecule has 0 unspecified atom stereocenters. The van der Waals surface area contributed by atoms with Crippen LogP contribution in [0.1, 0.15) is 10.4 Å². The normalized spacial score (nSPS) is 10.8. The van der Waals surface area contributed by atoms with Gasteiger partial charge in [0, 0.05) is 10.3 Å². The number of Topliss-reactive ketones (excluding diaryl/α,β-unsaturated/α-hetero) is 1. The summed E-state index contributed by atoms with van der Waals surface area (Å²) >= 11 is 0.917. The van der Waals surface area contributed by atoms with E-state index in [1.807, 2.05) is 0 Å². The second kappa shape index (κ2) is 5.65. The molecule has 110 valence electrons. The van der Waals surface area contributed by atoms with E-state index in [4.69, 9.17) is 0 Å². The minimum atomic E-state index is -0.491. The van der Waals surface area contributed by atoms with Gasteiger partial charge >= 0.3 is 4.87 Å². The fourth-order valence-corrected chi connectivity index (χ4v) is 2.97. The number of fused-ring (bicyclic) bond motifs is 1. The highest BCUT2D eigenvalue weighted by atomic mass is 32.1. The molecule has 0 radical (unpaired) electrons. The fraction of sp³-hybridized carbons (Fsp3) is 0.0625. The Bertz CT molecular complexity index is 973. The Morgan fingerprint density at radius 2 is 1.73 bits per heavy atom. The van der Waals surface area contributed by atoms with Crippen LogP contribution in [-0.4, -0.2) is 10.4 Å². The SMILES string of the molecule is O=C(Cn1c(=O)sc2ccccc2c1=O)c1ccc(F)cc1. The molecule has 3 aromatic rings. The summed E-state index contributed by atoms with van der Waals surface area (Å²) in [6, 6.07) is 11.7. The maximum atomic E-state index is 12.9. The lowest BCUT2D eigenvalue weighted by Crippen LogP contribution is -2.33. The van der Waals surface area contributed by atoms with Crippen LogP contribution >= 0.6 is 11.3 Å². The number of hydrogen-bond donors (Lipinski definition) is 0. The van der Waals surface area contributed by atoms with Gasteiger partial charge in [-0.25, -0.2) is 4.39 Å². The van der Waals surface area contributed by atoms with E-state index in [1.54, 1.807) is 24.3 Å². The number of carbonyl (C=O) groups excluding carboxylic acids is 1. The van der Waals surface area contributed by atoms with Crippen LogP contribution in [0.25, 0.3) is 10.1 Å². The molecule has 1 heterocycles. The van der Waals surface area contributed by atoms with Gasteiger partial charge in [0.05, 0.1) is 11.9 Å². The summed E-state index contributed by atoms with van der Waals surface area (Å²) in [4.78, 5) is 36.0. The third-order valence-corrected chi connectivity index (χ3v) is 4.22. The van der Waals surface area contributed by atoms with Gasteiger partial charge in [0.15, 0.2) is 5.78 Å². The van der Waals surface area contributed by atoms with Crippen molar-refractivity contribution in [2.75, 3.05) is 0 Å². The number of nitrogens with zero attached hydrogens (tertiary/aromatic N) is 1. The number of aromatic nitrogens is 1. The summed E-state index contributed by atoms with van der Waals surface area (Å²) in [6.07, 6.45) is 0. The maximum Gasteiger partial charge on any atom is 0.310 e. The first kappa shape index (κ1) is 14.3. The molecule has 0 N–H and O–H groups in total. The average Bonchev–Trinajstić information content (AvgIpc) is 2.52. The molecule has 0 fully saturated rings. The molecule has 0 bridgehead atoms. The second-order valence-corrected chi connectivity index (χ2v) is 5.68. The van der Waals surface area contributed by atoms with Crippen LogP contribution in [0.4, 0.5) is 4.39 Å². The molecule has 0 amide bonds. The van der Waals surface area contributed by atoms with Crippen molar-refractivity contribution < 1.29 is 9.18 Å². The number of benzene rings is 2. The average molecular weight is 315 g/mol. The van der Waals surface area contributed by atoms with Gasteiger partial charge in [-0.3, -0.25) is 19.0 Å². The Labute approximate surface area is 128 Å². The Balaban J connectivity index is 2.04. The van der Waals surface area contributed by atoms with E-state index in [-0.39, 0.29) is 12.1 Å². The smallest absolute Gasteiger partial charge is 0.292 e. The van der Waals surface area contributed by atoms with E-state index >= 15 is 0 Å². The van der Waals surface area contributed by atoms with E-state index < -0.39 is 22.0 Å². The first-order valence-electron chi connectivity index (χ1n) is 6.48. The van der Waals surface area contributed by atoms with E-state index in [9.17, 15) is 18.8 Å². The number of carbonyl (C=O) groups is 1. The van der Waals surface area contributed by atoms with Crippen molar-refractivity contribution in [2.45, 2.75) is 6.54 Å². The van der Waals surface area contributed by atoms with Crippen molar-refractivity contribution in [1.82, 2.24) is 4.57 Å². The Kier molecular flexibility index (Phi) is 3.68. The van der Waals surface area contributed by atoms with Crippen molar-refractivity contribution in [3.05, 3.63) is 79.9 Å². The maximum absolute atomic E-state index is 12.9. The zero-order valence-electron chi connectivity index (χ0n) is 11.3. The first-order chi connectivity index (χ1) is 10.6. The van der Waals surface area contributed by atoms with Gasteiger partial charge in [-0.05, 0) is 36.4 Å². The van der Waals surface area contributed by atoms with E-state index in [1.165, 1.54) is 12.1 Å². The van der Waals surface area contributed by atoms with E-state index in [0.717, 1.165) is 28.0 Å². The molecule has 0 aliphatic rings. The molecule has 0 aliphatic heterocycles. The van der Waals surface area contributed by atoms with Crippen molar-refractivity contribution in [3.63, 3.8) is 0 Å². The molecule has 0 aliphatic carbocycles. The predicted octanol–water partition coefficient (Wildman–Crippen LogP) is 2.45. The molecule has 0 spiro atoms. The lowest BCUT2D eigenvalue weighted by atomic mass is 10.1. The van der Waals surface area contributed by atoms with Gasteiger partial charge < -0.3 is 0 Å². The molecule has 6 heteroatoms. The number of rotatable bonds is 3. The quantitative estimate of drug-likeness (QED) is 0.698. The van der Waals surface area contributed by atoms with Gasteiger partial charge in [-0.2, -0.15) is 0 Å².